The number of nitrogens with one attached hydrogen (secondary N) is 4. The summed E-state index contributed by atoms with van der Waals surface area (Å²) in [4.78, 5) is 71.5. The van der Waals surface area contributed by atoms with E-state index in [1.807, 2.05) is 41.5 Å². The highest BCUT2D eigenvalue weighted by molar-refractivity contribution is 5.94. The maximum atomic E-state index is 15.0. The van der Waals surface area contributed by atoms with Crippen LogP contribution in [0.1, 0.15) is 158 Å². The fraction of sp³-hybridized carbons (Fsp3) is 0.837. The minimum atomic E-state index is -1.43. The van der Waals surface area contributed by atoms with Crippen LogP contribution in [-0.2, 0) is 19.2 Å². The highest BCUT2D eigenvalue weighted by Gasteiger charge is 2.49. The Morgan fingerprint density at radius 2 is 1.47 bits per heavy atom. The average molecular weight is 772 g/mol. The third-order valence-electron chi connectivity index (χ3n) is 12.5. The van der Waals surface area contributed by atoms with Crippen molar-refractivity contribution in [2.75, 3.05) is 6.54 Å². The molecule has 1 aliphatic heterocycles. The van der Waals surface area contributed by atoms with Gasteiger partial charge in [0.15, 0.2) is 11.9 Å². The van der Waals surface area contributed by atoms with Crippen molar-refractivity contribution >= 4 is 29.5 Å². The van der Waals surface area contributed by atoms with Crippen molar-refractivity contribution < 1.29 is 34.2 Å². The summed E-state index contributed by atoms with van der Waals surface area (Å²) in [6.07, 6.45) is 10.9. The van der Waals surface area contributed by atoms with Gasteiger partial charge < -0.3 is 36.4 Å². The average Bonchev–Trinajstić information content (AvgIpc) is 3.83. The maximum Gasteiger partial charge on any atom is 0.315 e. The molecule has 1 saturated heterocycles. The molecule has 0 aromatic rings. The molecule has 6 atom stereocenters. The van der Waals surface area contributed by atoms with Crippen LogP contribution in [0.4, 0.5) is 4.79 Å². The smallest absolute Gasteiger partial charge is 0.315 e. The van der Waals surface area contributed by atoms with Gasteiger partial charge in [0.25, 0.3) is 5.91 Å². The van der Waals surface area contributed by atoms with Gasteiger partial charge >= 0.3 is 6.03 Å². The first kappa shape index (κ1) is 44.7. The van der Waals surface area contributed by atoms with Gasteiger partial charge in [-0.2, -0.15) is 0 Å². The Bertz CT molecular complexity index is 1390. The minimum Gasteiger partial charge on any atom is -0.385 e. The zero-order chi connectivity index (χ0) is 40.7. The number of aliphatic hydroxyl groups excluding tert-OH is 2. The van der Waals surface area contributed by atoms with Gasteiger partial charge in [-0.1, -0.05) is 91.7 Å². The lowest BCUT2D eigenvalue weighted by Gasteiger charge is -2.44. The van der Waals surface area contributed by atoms with Crippen molar-refractivity contribution in [3.63, 3.8) is 0 Å². The topological polar surface area (TPSA) is 177 Å². The van der Waals surface area contributed by atoms with Gasteiger partial charge in [0.1, 0.15) is 18.2 Å². The second kappa shape index (κ2) is 19.0. The van der Waals surface area contributed by atoms with Crippen LogP contribution in [0.3, 0.4) is 0 Å². The number of rotatable bonds is 16. The van der Waals surface area contributed by atoms with E-state index in [0.29, 0.717) is 38.6 Å². The van der Waals surface area contributed by atoms with Gasteiger partial charge in [-0.05, 0) is 94.3 Å². The highest BCUT2D eigenvalue weighted by atomic mass is 16.3. The number of aliphatic hydroxyl groups is 2. The Morgan fingerprint density at radius 1 is 0.873 bits per heavy atom. The number of urea groups is 1. The van der Waals surface area contributed by atoms with Gasteiger partial charge in [-0.15, -0.1) is 0 Å². The molecule has 55 heavy (non-hydrogen) atoms. The number of hydrogen-bond donors (Lipinski definition) is 6. The summed E-state index contributed by atoms with van der Waals surface area (Å²) in [5.74, 6) is -1.36. The third kappa shape index (κ3) is 12.5. The highest BCUT2D eigenvalue weighted by Crippen LogP contribution is 2.41. The van der Waals surface area contributed by atoms with Crippen molar-refractivity contribution in [1.82, 2.24) is 26.2 Å². The van der Waals surface area contributed by atoms with E-state index in [9.17, 15) is 29.4 Å². The second-order valence-electron chi connectivity index (χ2n) is 19.6. The van der Waals surface area contributed by atoms with Crippen LogP contribution in [0.5, 0.6) is 0 Å². The van der Waals surface area contributed by atoms with Crippen molar-refractivity contribution in [3.8, 4) is 0 Å². The summed E-state index contributed by atoms with van der Waals surface area (Å²) < 4.78 is 0. The molecule has 3 saturated carbocycles. The van der Waals surface area contributed by atoms with Crippen LogP contribution < -0.4 is 21.3 Å². The van der Waals surface area contributed by atoms with Crippen LogP contribution in [-0.4, -0.2) is 93.1 Å². The number of Topliss-reactive ketones (excluding diaryl/α,β-unsaturated/α-hetero) is 1. The lowest BCUT2D eigenvalue weighted by atomic mass is 9.70. The monoisotopic (exact) mass is 772 g/mol. The molecular formula is C43H73N5O7. The SMILES string of the molecule is CC(C)=CC1CC(C(=O)NC(CCC(C)C)C(O)C(=O)NC2CC2)N(C(=O)C(NC(=O)NC2(CC(=O)C(O)C(C)(C)C)CCCCC2)C2(C)CCCCC2)C1. The molecule has 0 aromatic heterocycles. The Kier molecular flexibility index (Phi) is 15.4. The van der Waals surface area contributed by atoms with Crippen LogP contribution in [0.25, 0.3) is 0 Å². The van der Waals surface area contributed by atoms with E-state index >= 15 is 4.79 Å². The van der Waals surface area contributed by atoms with Crippen LogP contribution in [0.15, 0.2) is 11.6 Å². The largest absolute Gasteiger partial charge is 0.385 e. The summed E-state index contributed by atoms with van der Waals surface area (Å²) in [6, 6.07) is -3.09. The molecular weight excluding hydrogens is 699 g/mol. The van der Waals surface area contributed by atoms with E-state index in [-0.39, 0.29) is 36.0 Å². The van der Waals surface area contributed by atoms with E-state index in [1.54, 1.807) is 4.90 Å². The number of nitrogens with zero attached hydrogens (tertiary/aromatic N) is 1. The molecule has 1 heterocycles. The molecule has 4 rings (SSSR count). The first-order chi connectivity index (χ1) is 25.7. The molecule has 0 bridgehead atoms. The van der Waals surface area contributed by atoms with E-state index in [1.165, 1.54) is 0 Å². The van der Waals surface area contributed by atoms with Crippen molar-refractivity contribution in [2.24, 2.45) is 22.7 Å². The summed E-state index contributed by atoms with van der Waals surface area (Å²) >= 11 is 0. The summed E-state index contributed by atoms with van der Waals surface area (Å²) in [6.45, 7) is 15.9. The summed E-state index contributed by atoms with van der Waals surface area (Å²) in [7, 11) is 0. The second-order valence-corrected chi connectivity index (χ2v) is 19.6. The third-order valence-corrected chi connectivity index (χ3v) is 12.5. The van der Waals surface area contributed by atoms with Crippen molar-refractivity contribution in [3.05, 3.63) is 11.6 Å². The van der Waals surface area contributed by atoms with Crippen LogP contribution in [0, 0.1) is 22.7 Å². The number of allylic oxidation sites excluding steroid dienone is 1. The zero-order valence-corrected chi connectivity index (χ0v) is 35.1. The Morgan fingerprint density at radius 3 is 2.02 bits per heavy atom. The molecule has 312 valence electrons. The fourth-order valence-corrected chi connectivity index (χ4v) is 8.99. The fourth-order valence-electron chi connectivity index (χ4n) is 8.99. The van der Waals surface area contributed by atoms with Crippen molar-refractivity contribution in [1.29, 1.82) is 0 Å². The van der Waals surface area contributed by atoms with Crippen molar-refractivity contribution in [2.45, 2.75) is 200 Å². The normalized spacial score (nSPS) is 24.5. The van der Waals surface area contributed by atoms with E-state index < -0.39 is 64.5 Å². The van der Waals surface area contributed by atoms with Gasteiger partial charge in [-0.25, -0.2) is 4.79 Å². The van der Waals surface area contributed by atoms with Crippen LogP contribution in [0.2, 0.25) is 0 Å². The van der Waals surface area contributed by atoms with Gasteiger partial charge in [0, 0.05) is 24.5 Å². The number of carbonyl (C=O) groups excluding carboxylic acids is 5. The predicted molar refractivity (Wildman–Crippen MR) is 214 cm³/mol. The Labute approximate surface area is 330 Å². The Balaban J connectivity index is 1.61. The molecule has 4 aliphatic rings. The van der Waals surface area contributed by atoms with E-state index in [2.05, 4.69) is 41.2 Å². The lowest BCUT2D eigenvalue weighted by Crippen LogP contribution is -2.63. The molecule has 4 fully saturated rings. The molecule has 0 radical (unpaired) electrons. The molecule has 5 amide bonds. The molecule has 0 spiro atoms. The number of carbonyl (C=O) groups is 5. The van der Waals surface area contributed by atoms with E-state index in [0.717, 1.165) is 69.8 Å². The number of amides is 5. The van der Waals surface area contributed by atoms with Gasteiger partial charge in [0.2, 0.25) is 11.8 Å². The number of ketones is 1. The molecule has 6 N–H and O–H groups in total. The Hall–Kier alpha value is -2.99. The molecule has 12 heteroatoms. The first-order valence-corrected chi connectivity index (χ1v) is 21.3. The van der Waals surface area contributed by atoms with Gasteiger partial charge in [-0.3, -0.25) is 19.2 Å². The number of likely N-dealkylation sites (tertiary alicyclic amines) is 1. The standard InChI is InChI=1S/C43H73N5O7/c1-27(2)15-18-31(34(50)38(53)44-30-16-17-30)45-37(52)32-24-29(23-28(3)4)26-48(32)39(54)35(42(8)19-11-9-12-20-42)46-40(55)47-43(21-13-10-14-22-43)25-33(49)36(51)41(5,6)7/h23,27,29-32,34-36,50-51H,9-22,24-26H2,1-8H3,(H,44,53)(H,45,52)(H2,46,47,55). The molecule has 6 unspecified atom stereocenters. The predicted octanol–water partition coefficient (Wildman–Crippen LogP) is 5.44. The summed E-state index contributed by atoms with van der Waals surface area (Å²) in [5.41, 5.74) is -0.982. The maximum absolute atomic E-state index is 15.0. The zero-order valence-electron chi connectivity index (χ0n) is 35.1. The quantitative estimate of drug-likeness (QED) is 0.113. The van der Waals surface area contributed by atoms with Gasteiger partial charge in [0.05, 0.1) is 6.04 Å². The number of hydrogen-bond acceptors (Lipinski definition) is 7. The molecule has 0 aromatic carbocycles. The molecule has 3 aliphatic carbocycles. The molecule has 12 nitrogen and oxygen atoms in total. The first-order valence-electron chi connectivity index (χ1n) is 21.3. The van der Waals surface area contributed by atoms with Crippen LogP contribution >= 0.6 is 0 Å². The lowest BCUT2D eigenvalue weighted by molar-refractivity contribution is -0.144. The summed E-state index contributed by atoms with van der Waals surface area (Å²) in [5, 5.41) is 34.1. The van der Waals surface area contributed by atoms with E-state index in [4.69, 9.17) is 0 Å². The minimum absolute atomic E-state index is 0.00992.